The van der Waals surface area contributed by atoms with Gasteiger partial charge < -0.3 is 24.2 Å². The summed E-state index contributed by atoms with van der Waals surface area (Å²) in [4.78, 5) is 27.7. The Kier molecular flexibility index (Phi) is 8.95. The van der Waals surface area contributed by atoms with Crippen molar-refractivity contribution < 1.29 is 37.3 Å². The SMILES string of the molecule is CCOc1ccc([C@H]2C(=C(O)c3ccc(S(=O)(=O)N(C)C)cc3)C(=O)C(=O)N2CCCOC)cc1OC. The average molecular weight is 533 g/mol. The first-order chi connectivity index (χ1) is 17.6. The van der Waals surface area contributed by atoms with Gasteiger partial charge in [-0.1, -0.05) is 6.07 Å². The predicted molar refractivity (Wildman–Crippen MR) is 137 cm³/mol. The van der Waals surface area contributed by atoms with E-state index in [1.165, 1.54) is 50.4 Å². The quantitative estimate of drug-likeness (QED) is 0.203. The van der Waals surface area contributed by atoms with E-state index >= 15 is 0 Å². The summed E-state index contributed by atoms with van der Waals surface area (Å²) in [5.74, 6) is -1.07. The summed E-state index contributed by atoms with van der Waals surface area (Å²) in [5, 5.41) is 11.2. The average Bonchev–Trinajstić information content (AvgIpc) is 3.13. The van der Waals surface area contributed by atoms with Crippen molar-refractivity contribution in [1.29, 1.82) is 0 Å². The smallest absolute Gasteiger partial charge is 0.295 e. The van der Waals surface area contributed by atoms with Crippen molar-refractivity contribution in [2.45, 2.75) is 24.3 Å². The number of Topliss-reactive ketones (excluding diaryl/α,β-unsaturated/α-hetero) is 1. The molecule has 3 rings (SSSR count). The number of rotatable bonds is 11. The highest BCUT2D eigenvalue weighted by Crippen LogP contribution is 2.42. The van der Waals surface area contributed by atoms with E-state index in [-0.39, 0.29) is 22.6 Å². The topological polar surface area (TPSA) is 123 Å². The number of carbonyl (C=O) groups is 2. The van der Waals surface area contributed by atoms with Crippen molar-refractivity contribution in [2.75, 3.05) is 48.1 Å². The molecule has 0 bridgehead atoms. The number of carbonyl (C=O) groups excluding carboxylic acids is 2. The number of nitrogens with zero attached hydrogens (tertiary/aromatic N) is 2. The van der Waals surface area contributed by atoms with E-state index < -0.39 is 33.5 Å². The van der Waals surface area contributed by atoms with Crippen LogP contribution in [0.1, 0.15) is 30.5 Å². The van der Waals surface area contributed by atoms with Gasteiger partial charge in [-0.15, -0.1) is 0 Å². The monoisotopic (exact) mass is 532 g/mol. The summed E-state index contributed by atoms with van der Waals surface area (Å²) in [5.41, 5.74) is 0.651. The third kappa shape index (κ3) is 5.63. The molecule has 0 aromatic heterocycles. The Morgan fingerprint density at radius 3 is 2.30 bits per heavy atom. The lowest BCUT2D eigenvalue weighted by Crippen LogP contribution is -2.31. The van der Waals surface area contributed by atoms with Crippen LogP contribution in [0.5, 0.6) is 11.5 Å². The second-order valence-corrected chi connectivity index (χ2v) is 10.6. The zero-order chi connectivity index (χ0) is 27.3. The Morgan fingerprint density at radius 2 is 1.73 bits per heavy atom. The molecule has 0 unspecified atom stereocenters. The van der Waals surface area contributed by atoms with E-state index in [1.807, 2.05) is 6.92 Å². The third-order valence-corrected chi connectivity index (χ3v) is 7.83. The molecule has 0 radical (unpaired) electrons. The number of sulfonamides is 1. The van der Waals surface area contributed by atoms with Gasteiger partial charge in [0.2, 0.25) is 10.0 Å². The van der Waals surface area contributed by atoms with Gasteiger partial charge in [0.05, 0.1) is 30.2 Å². The molecule has 0 aliphatic carbocycles. The summed E-state index contributed by atoms with van der Waals surface area (Å²) < 4.78 is 42.1. The zero-order valence-corrected chi connectivity index (χ0v) is 22.4. The van der Waals surface area contributed by atoms with Crippen molar-refractivity contribution in [2.24, 2.45) is 0 Å². The first-order valence-electron chi connectivity index (χ1n) is 11.7. The molecule has 1 heterocycles. The number of hydrogen-bond donors (Lipinski definition) is 1. The minimum Gasteiger partial charge on any atom is -0.507 e. The first-order valence-corrected chi connectivity index (χ1v) is 13.1. The highest BCUT2D eigenvalue weighted by Gasteiger charge is 2.46. The van der Waals surface area contributed by atoms with Gasteiger partial charge >= 0.3 is 0 Å². The van der Waals surface area contributed by atoms with Crippen molar-refractivity contribution in [3.05, 3.63) is 59.2 Å². The lowest BCUT2D eigenvalue weighted by atomic mass is 9.95. The van der Waals surface area contributed by atoms with Crippen LogP contribution in [0.3, 0.4) is 0 Å². The summed E-state index contributed by atoms with van der Waals surface area (Å²) in [6.45, 7) is 2.86. The molecule has 2 aromatic rings. The number of amides is 1. The molecule has 1 amide bonds. The maximum Gasteiger partial charge on any atom is 0.295 e. The van der Waals surface area contributed by atoms with Crippen molar-refractivity contribution in [3.63, 3.8) is 0 Å². The third-order valence-electron chi connectivity index (χ3n) is 6.00. The minimum absolute atomic E-state index is 0.0295. The van der Waals surface area contributed by atoms with E-state index in [1.54, 1.807) is 25.3 Å². The van der Waals surface area contributed by atoms with E-state index in [4.69, 9.17) is 14.2 Å². The number of hydrogen-bond acceptors (Lipinski definition) is 8. The first kappa shape index (κ1) is 28.2. The van der Waals surface area contributed by atoms with Gasteiger partial charge in [-0.25, -0.2) is 12.7 Å². The van der Waals surface area contributed by atoms with Crippen molar-refractivity contribution >= 4 is 27.5 Å². The Bertz CT molecular complexity index is 1290. The van der Waals surface area contributed by atoms with E-state index in [0.717, 1.165) is 4.31 Å². The van der Waals surface area contributed by atoms with Crippen LogP contribution in [0.15, 0.2) is 52.9 Å². The van der Waals surface area contributed by atoms with E-state index in [9.17, 15) is 23.1 Å². The molecule has 10 nitrogen and oxygen atoms in total. The molecular weight excluding hydrogens is 500 g/mol. The van der Waals surface area contributed by atoms with Gasteiger partial charge in [-0.05, 0) is 55.3 Å². The van der Waals surface area contributed by atoms with E-state index in [0.29, 0.717) is 36.7 Å². The van der Waals surface area contributed by atoms with Gasteiger partial charge in [0.25, 0.3) is 11.7 Å². The van der Waals surface area contributed by atoms with Gasteiger partial charge in [0.15, 0.2) is 11.5 Å². The highest BCUT2D eigenvalue weighted by atomic mass is 32.2. The molecule has 1 saturated heterocycles. The van der Waals surface area contributed by atoms with Crippen LogP contribution >= 0.6 is 0 Å². The standard InChI is InChI=1S/C26H32N2O8S/c1-6-36-20-13-10-18(16-21(20)35-5)23-22(25(30)26(31)28(23)14-7-15-34-4)24(29)17-8-11-19(12-9-17)37(32,33)27(2)3/h8-13,16,23,29H,6-7,14-15H2,1-5H3/t23-/m0/s1. The largest absolute Gasteiger partial charge is 0.507 e. The Labute approximate surface area is 217 Å². The summed E-state index contributed by atoms with van der Waals surface area (Å²) >= 11 is 0. The number of ketones is 1. The molecule has 0 spiro atoms. The highest BCUT2D eigenvalue weighted by molar-refractivity contribution is 7.89. The van der Waals surface area contributed by atoms with Crippen LogP contribution in [0.25, 0.3) is 5.76 Å². The molecule has 1 aliphatic heterocycles. The maximum absolute atomic E-state index is 13.2. The number of aliphatic hydroxyl groups excluding tert-OH is 1. The van der Waals surface area contributed by atoms with Crippen molar-refractivity contribution in [3.8, 4) is 11.5 Å². The number of aliphatic hydroxyl groups is 1. The lowest BCUT2D eigenvalue weighted by Gasteiger charge is -2.26. The summed E-state index contributed by atoms with van der Waals surface area (Å²) in [6, 6.07) is 9.67. The second-order valence-electron chi connectivity index (χ2n) is 8.49. The fourth-order valence-corrected chi connectivity index (χ4v) is 5.02. The molecule has 1 fully saturated rings. The molecule has 11 heteroatoms. The fourth-order valence-electron chi connectivity index (χ4n) is 4.12. The van der Waals surface area contributed by atoms with Crippen LogP contribution in [-0.4, -0.2) is 82.5 Å². The maximum atomic E-state index is 13.2. The Hall–Kier alpha value is -3.41. The molecule has 2 aromatic carbocycles. The molecular formula is C26H32N2O8S. The van der Waals surface area contributed by atoms with Crippen molar-refractivity contribution in [1.82, 2.24) is 9.21 Å². The zero-order valence-electron chi connectivity index (χ0n) is 21.6. The van der Waals surface area contributed by atoms with Crippen LogP contribution < -0.4 is 9.47 Å². The van der Waals surface area contributed by atoms with Crippen LogP contribution in [-0.2, 0) is 24.3 Å². The summed E-state index contributed by atoms with van der Waals surface area (Å²) in [6.07, 6.45) is 0.477. The lowest BCUT2D eigenvalue weighted by molar-refractivity contribution is -0.140. The second kappa shape index (κ2) is 11.8. The fraction of sp³-hybridized carbons (Fsp3) is 0.385. The van der Waals surface area contributed by atoms with Gasteiger partial charge in [-0.3, -0.25) is 9.59 Å². The van der Waals surface area contributed by atoms with Crippen LogP contribution in [0.4, 0.5) is 0 Å². The normalized spacial score (nSPS) is 17.5. The molecule has 200 valence electrons. The number of methoxy groups -OCH3 is 2. The summed E-state index contributed by atoms with van der Waals surface area (Å²) in [7, 11) is 2.18. The van der Waals surface area contributed by atoms with Crippen LogP contribution in [0, 0.1) is 0 Å². The van der Waals surface area contributed by atoms with Gasteiger partial charge in [0, 0.05) is 39.9 Å². The Balaban J connectivity index is 2.14. The molecule has 1 aliphatic rings. The van der Waals surface area contributed by atoms with Gasteiger partial charge in [-0.2, -0.15) is 0 Å². The number of benzene rings is 2. The van der Waals surface area contributed by atoms with Gasteiger partial charge in [0.1, 0.15) is 5.76 Å². The Morgan fingerprint density at radius 1 is 1.05 bits per heavy atom. The minimum atomic E-state index is -3.68. The predicted octanol–water partition coefficient (Wildman–Crippen LogP) is 2.80. The number of ether oxygens (including phenoxy) is 3. The van der Waals surface area contributed by atoms with Crippen LogP contribution in [0.2, 0.25) is 0 Å². The molecule has 1 atom stereocenters. The van der Waals surface area contributed by atoms with E-state index in [2.05, 4.69) is 0 Å². The molecule has 0 saturated carbocycles. The molecule has 37 heavy (non-hydrogen) atoms. The number of likely N-dealkylation sites (tertiary alicyclic amines) is 1. The molecule has 1 N–H and O–H groups in total.